The molecule has 0 saturated heterocycles. The van der Waals surface area contributed by atoms with Crippen LogP contribution in [0.1, 0.15) is 32.6 Å². The molecule has 0 radical (unpaired) electrons. The second kappa shape index (κ2) is 5.11. The van der Waals surface area contributed by atoms with Crippen LogP contribution in [0, 0.1) is 0 Å². The fraction of sp³-hybridized carbons (Fsp3) is 0.875. The summed E-state index contributed by atoms with van der Waals surface area (Å²) in [7, 11) is 0. The highest BCUT2D eigenvalue weighted by atomic mass is 16.4. The zero-order chi connectivity index (χ0) is 9.61. The highest BCUT2D eigenvalue weighted by molar-refractivity contribution is 5.76. The topological polar surface area (TPSA) is 77.8 Å². The van der Waals surface area contributed by atoms with Gasteiger partial charge in [0.15, 0.2) is 5.60 Å². The summed E-state index contributed by atoms with van der Waals surface area (Å²) in [6.07, 6.45) is 1.48. The number of carboxylic acids is 1. The number of carboxylic acid groups (broad SMARTS) is 1. The Balaban J connectivity index is 3.88. The number of aliphatic hydroxyl groups excluding tert-OH is 1. The van der Waals surface area contributed by atoms with Gasteiger partial charge in [-0.25, -0.2) is 4.79 Å². The second-order valence-electron chi connectivity index (χ2n) is 2.87. The van der Waals surface area contributed by atoms with E-state index in [9.17, 15) is 9.90 Å². The van der Waals surface area contributed by atoms with Gasteiger partial charge in [0.05, 0.1) is 0 Å². The van der Waals surface area contributed by atoms with Gasteiger partial charge in [0.1, 0.15) is 0 Å². The maximum Gasteiger partial charge on any atom is 0.335 e. The fourth-order valence-corrected chi connectivity index (χ4v) is 0.964. The van der Waals surface area contributed by atoms with Gasteiger partial charge < -0.3 is 15.3 Å². The van der Waals surface area contributed by atoms with E-state index < -0.39 is 11.6 Å². The second-order valence-corrected chi connectivity index (χ2v) is 2.87. The molecule has 1 atom stereocenters. The maximum absolute atomic E-state index is 10.5. The van der Waals surface area contributed by atoms with E-state index in [0.29, 0.717) is 12.8 Å². The number of hydrogen-bond acceptors (Lipinski definition) is 3. The van der Waals surface area contributed by atoms with Crippen molar-refractivity contribution in [3.8, 4) is 0 Å². The number of unbranched alkanes of at least 4 members (excludes halogenated alkanes) is 1. The van der Waals surface area contributed by atoms with E-state index in [4.69, 9.17) is 10.2 Å². The summed E-state index contributed by atoms with van der Waals surface area (Å²) >= 11 is 0. The SMILES string of the molecule is CCC(O)(CCCCO)C(=O)O. The van der Waals surface area contributed by atoms with Gasteiger partial charge >= 0.3 is 5.97 Å². The van der Waals surface area contributed by atoms with E-state index in [-0.39, 0.29) is 19.4 Å². The van der Waals surface area contributed by atoms with Crippen LogP contribution in [0.3, 0.4) is 0 Å². The molecule has 1 unspecified atom stereocenters. The van der Waals surface area contributed by atoms with Gasteiger partial charge in [0.25, 0.3) is 0 Å². The molecule has 0 spiro atoms. The average molecular weight is 176 g/mol. The first-order valence-corrected chi connectivity index (χ1v) is 4.13. The van der Waals surface area contributed by atoms with E-state index in [1.165, 1.54) is 0 Å². The summed E-state index contributed by atoms with van der Waals surface area (Å²) in [6, 6.07) is 0. The van der Waals surface area contributed by atoms with Gasteiger partial charge in [0, 0.05) is 6.61 Å². The molecule has 0 aliphatic heterocycles. The van der Waals surface area contributed by atoms with Crippen LogP contribution < -0.4 is 0 Å². The Morgan fingerprint density at radius 1 is 1.42 bits per heavy atom. The highest BCUT2D eigenvalue weighted by Gasteiger charge is 2.32. The molecule has 3 N–H and O–H groups in total. The Morgan fingerprint density at radius 3 is 2.33 bits per heavy atom. The molecule has 0 aliphatic rings. The molecule has 0 fully saturated rings. The summed E-state index contributed by atoms with van der Waals surface area (Å²) in [5.74, 6) is -1.18. The van der Waals surface area contributed by atoms with E-state index in [1.54, 1.807) is 6.92 Å². The van der Waals surface area contributed by atoms with E-state index in [2.05, 4.69) is 0 Å². The summed E-state index contributed by atoms with van der Waals surface area (Å²) in [6.45, 7) is 1.67. The van der Waals surface area contributed by atoms with Crippen LogP contribution in [0.2, 0.25) is 0 Å². The molecule has 4 heteroatoms. The number of carbonyl (C=O) groups is 1. The number of hydrogen-bond donors (Lipinski definition) is 3. The van der Waals surface area contributed by atoms with Gasteiger partial charge in [-0.05, 0) is 25.7 Å². The number of aliphatic hydroxyl groups is 2. The molecule has 72 valence electrons. The van der Waals surface area contributed by atoms with Crippen molar-refractivity contribution in [3.63, 3.8) is 0 Å². The molecule has 0 saturated carbocycles. The lowest BCUT2D eigenvalue weighted by molar-refractivity contribution is -0.159. The lowest BCUT2D eigenvalue weighted by Crippen LogP contribution is -2.37. The average Bonchev–Trinajstić information content (AvgIpc) is 2.04. The van der Waals surface area contributed by atoms with Crippen LogP contribution in [0.15, 0.2) is 0 Å². The van der Waals surface area contributed by atoms with Gasteiger partial charge in [-0.15, -0.1) is 0 Å². The summed E-state index contributed by atoms with van der Waals surface area (Å²) in [5, 5.41) is 26.5. The molecular weight excluding hydrogens is 160 g/mol. The van der Waals surface area contributed by atoms with Crippen molar-refractivity contribution in [1.29, 1.82) is 0 Å². The zero-order valence-corrected chi connectivity index (χ0v) is 7.29. The molecule has 12 heavy (non-hydrogen) atoms. The largest absolute Gasteiger partial charge is 0.479 e. The standard InChI is InChI=1S/C8H16O4/c1-2-8(12,7(10)11)5-3-4-6-9/h9,12H,2-6H2,1H3,(H,10,11). The maximum atomic E-state index is 10.5. The lowest BCUT2D eigenvalue weighted by Gasteiger charge is -2.20. The Morgan fingerprint density at radius 2 is 2.00 bits per heavy atom. The predicted molar refractivity (Wildman–Crippen MR) is 43.8 cm³/mol. The van der Waals surface area contributed by atoms with Crippen LogP contribution in [0.4, 0.5) is 0 Å². The molecule has 0 aromatic rings. The van der Waals surface area contributed by atoms with Gasteiger partial charge in [-0.1, -0.05) is 6.92 Å². The van der Waals surface area contributed by atoms with Crippen LogP contribution in [-0.2, 0) is 4.79 Å². The zero-order valence-electron chi connectivity index (χ0n) is 7.29. The number of aliphatic carboxylic acids is 1. The quantitative estimate of drug-likeness (QED) is 0.511. The third-order valence-corrected chi connectivity index (χ3v) is 1.98. The van der Waals surface area contributed by atoms with Crippen LogP contribution in [0.25, 0.3) is 0 Å². The lowest BCUT2D eigenvalue weighted by atomic mass is 9.94. The molecule has 0 aromatic carbocycles. The Labute approximate surface area is 71.8 Å². The van der Waals surface area contributed by atoms with Crippen molar-refractivity contribution in [3.05, 3.63) is 0 Å². The van der Waals surface area contributed by atoms with Gasteiger partial charge in [-0.3, -0.25) is 0 Å². The van der Waals surface area contributed by atoms with Crippen molar-refractivity contribution in [2.45, 2.75) is 38.2 Å². The molecule has 0 rings (SSSR count). The van der Waals surface area contributed by atoms with E-state index in [0.717, 1.165) is 0 Å². The minimum atomic E-state index is -1.60. The number of rotatable bonds is 6. The van der Waals surface area contributed by atoms with Crippen molar-refractivity contribution in [1.82, 2.24) is 0 Å². The fourth-order valence-electron chi connectivity index (χ4n) is 0.964. The molecule has 0 bridgehead atoms. The Kier molecular flexibility index (Phi) is 4.85. The van der Waals surface area contributed by atoms with Gasteiger partial charge in [0.2, 0.25) is 0 Å². The minimum Gasteiger partial charge on any atom is -0.479 e. The van der Waals surface area contributed by atoms with Crippen molar-refractivity contribution in [2.24, 2.45) is 0 Å². The third-order valence-electron chi connectivity index (χ3n) is 1.98. The summed E-state index contributed by atoms with van der Waals surface area (Å²) in [4.78, 5) is 10.5. The van der Waals surface area contributed by atoms with Crippen molar-refractivity contribution >= 4 is 5.97 Å². The Hall–Kier alpha value is -0.610. The van der Waals surface area contributed by atoms with Crippen molar-refractivity contribution < 1.29 is 20.1 Å². The van der Waals surface area contributed by atoms with E-state index >= 15 is 0 Å². The molecule has 0 aliphatic carbocycles. The monoisotopic (exact) mass is 176 g/mol. The highest BCUT2D eigenvalue weighted by Crippen LogP contribution is 2.18. The third kappa shape index (κ3) is 3.19. The molecular formula is C8H16O4. The smallest absolute Gasteiger partial charge is 0.335 e. The first-order valence-electron chi connectivity index (χ1n) is 4.13. The summed E-state index contributed by atoms with van der Waals surface area (Å²) < 4.78 is 0. The van der Waals surface area contributed by atoms with Crippen LogP contribution in [0.5, 0.6) is 0 Å². The molecule has 0 aromatic heterocycles. The molecule has 0 amide bonds. The minimum absolute atomic E-state index is 0.0411. The first kappa shape index (κ1) is 11.4. The van der Waals surface area contributed by atoms with Gasteiger partial charge in [-0.2, -0.15) is 0 Å². The normalized spacial score (nSPS) is 15.6. The summed E-state index contributed by atoms with van der Waals surface area (Å²) in [5.41, 5.74) is -1.60. The first-order chi connectivity index (χ1) is 5.56. The molecule has 0 heterocycles. The van der Waals surface area contributed by atoms with Crippen LogP contribution >= 0.6 is 0 Å². The van der Waals surface area contributed by atoms with Crippen molar-refractivity contribution in [2.75, 3.05) is 6.61 Å². The predicted octanol–water partition coefficient (Wildman–Crippen LogP) is 0.375. The molecule has 4 nitrogen and oxygen atoms in total. The van der Waals surface area contributed by atoms with Crippen LogP contribution in [-0.4, -0.2) is 33.5 Å². The van der Waals surface area contributed by atoms with E-state index in [1.807, 2.05) is 0 Å². The Bertz CT molecular complexity index is 146.